The van der Waals surface area contributed by atoms with E-state index in [1.54, 1.807) is 4.90 Å². The maximum atomic E-state index is 12.1. The Morgan fingerprint density at radius 3 is 2.42 bits per heavy atom. The highest BCUT2D eigenvalue weighted by atomic mass is 16.6. The number of pyridine rings is 1. The molecule has 1 aromatic heterocycles. The number of ether oxygens (including phenoxy) is 1. The number of amides is 1. The molecule has 1 aliphatic heterocycles. The minimum Gasteiger partial charge on any atom is -0.478 e. The lowest BCUT2D eigenvalue weighted by Crippen LogP contribution is -2.50. The van der Waals surface area contributed by atoms with Crippen LogP contribution in [-0.2, 0) is 4.74 Å². The van der Waals surface area contributed by atoms with Gasteiger partial charge in [-0.2, -0.15) is 0 Å². The van der Waals surface area contributed by atoms with Gasteiger partial charge in [-0.3, -0.25) is 0 Å². The highest BCUT2D eigenvalue weighted by Crippen LogP contribution is 2.20. The summed E-state index contributed by atoms with van der Waals surface area (Å²) in [7, 11) is 0. The molecule has 0 aromatic carbocycles. The van der Waals surface area contributed by atoms with Crippen LogP contribution >= 0.6 is 0 Å². The fourth-order valence-corrected chi connectivity index (χ4v) is 2.36. The number of aromatic carboxylic acids is 1. The third-order valence-corrected chi connectivity index (χ3v) is 3.50. The Morgan fingerprint density at radius 1 is 1.29 bits per heavy atom. The lowest BCUT2D eigenvalue weighted by molar-refractivity contribution is 0.0240. The van der Waals surface area contributed by atoms with Gasteiger partial charge in [0.2, 0.25) is 0 Å². The van der Waals surface area contributed by atoms with E-state index in [-0.39, 0.29) is 11.7 Å². The molecule has 1 saturated heterocycles. The summed E-state index contributed by atoms with van der Waals surface area (Å²) in [6, 6.07) is 1.44. The molecule has 2 rings (SSSR count). The number of piperazine rings is 1. The number of carbonyl (C=O) groups excluding carboxylic acids is 1. The summed E-state index contributed by atoms with van der Waals surface area (Å²) in [5.41, 5.74) is -0.0429. The highest BCUT2D eigenvalue weighted by molar-refractivity contribution is 5.88. The van der Waals surface area contributed by atoms with Crippen LogP contribution in [0.3, 0.4) is 0 Å². The number of hydrogen-bond acceptors (Lipinski definition) is 5. The zero-order valence-electron chi connectivity index (χ0n) is 14.1. The molecule has 128 valence electrons. The quantitative estimate of drug-likeness (QED) is 0.832. The van der Waals surface area contributed by atoms with Crippen molar-refractivity contribution < 1.29 is 19.4 Å². The standard InChI is InChI=1S/C17H21N3O4/c1-5-12-10-13(15(21)22)11-18-14(12)19-6-8-20(9-7-19)16(23)24-17(2,3)4/h1,10-11H,6-9H2,2-4H3,(H,21,22). The van der Waals surface area contributed by atoms with E-state index in [1.807, 2.05) is 25.7 Å². The number of anilines is 1. The second kappa shape index (κ2) is 6.79. The monoisotopic (exact) mass is 331 g/mol. The van der Waals surface area contributed by atoms with E-state index >= 15 is 0 Å². The molecule has 0 atom stereocenters. The Kier molecular flexibility index (Phi) is 4.98. The first kappa shape index (κ1) is 17.6. The van der Waals surface area contributed by atoms with Gasteiger partial charge in [-0.05, 0) is 26.8 Å². The molecule has 0 saturated carbocycles. The van der Waals surface area contributed by atoms with Crippen molar-refractivity contribution in [3.05, 3.63) is 23.4 Å². The molecule has 1 amide bonds. The van der Waals surface area contributed by atoms with E-state index in [9.17, 15) is 9.59 Å². The average Bonchev–Trinajstić information content (AvgIpc) is 2.52. The van der Waals surface area contributed by atoms with Crippen LogP contribution in [0.5, 0.6) is 0 Å². The van der Waals surface area contributed by atoms with Crippen LogP contribution in [0.4, 0.5) is 10.6 Å². The minimum absolute atomic E-state index is 0.0547. The topological polar surface area (TPSA) is 83.0 Å². The zero-order chi connectivity index (χ0) is 17.9. The Balaban J connectivity index is 2.06. The third kappa shape index (κ3) is 4.16. The van der Waals surface area contributed by atoms with Gasteiger partial charge in [-0.15, -0.1) is 6.42 Å². The minimum atomic E-state index is -1.07. The predicted octanol–water partition coefficient (Wildman–Crippen LogP) is 1.82. The van der Waals surface area contributed by atoms with E-state index in [4.69, 9.17) is 16.3 Å². The molecule has 0 unspecified atom stereocenters. The third-order valence-electron chi connectivity index (χ3n) is 3.50. The van der Waals surface area contributed by atoms with E-state index < -0.39 is 11.6 Å². The van der Waals surface area contributed by atoms with E-state index in [0.29, 0.717) is 37.6 Å². The molecule has 0 spiro atoms. The van der Waals surface area contributed by atoms with Crippen molar-refractivity contribution >= 4 is 17.9 Å². The fourth-order valence-electron chi connectivity index (χ4n) is 2.36. The van der Waals surface area contributed by atoms with Crippen LogP contribution in [-0.4, -0.2) is 58.8 Å². The summed E-state index contributed by atoms with van der Waals surface area (Å²) < 4.78 is 5.36. The first-order valence-corrected chi connectivity index (χ1v) is 7.64. The molecular weight excluding hydrogens is 310 g/mol. The SMILES string of the molecule is C#Cc1cc(C(=O)O)cnc1N1CCN(C(=O)OC(C)(C)C)CC1. The second-order valence-corrected chi connectivity index (χ2v) is 6.50. The molecule has 2 heterocycles. The number of hydrogen-bond donors (Lipinski definition) is 1. The van der Waals surface area contributed by atoms with Gasteiger partial charge in [0.15, 0.2) is 0 Å². The average molecular weight is 331 g/mol. The van der Waals surface area contributed by atoms with Gasteiger partial charge < -0.3 is 19.6 Å². The molecule has 1 N–H and O–H groups in total. The van der Waals surface area contributed by atoms with Gasteiger partial charge in [-0.25, -0.2) is 14.6 Å². The number of carboxylic acids is 1. The number of carbonyl (C=O) groups is 2. The van der Waals surface area contributed by atoms with E-state index in [0.717, 1.165) is 0 Å². The number of rotatable bonds is 2. The maximum absolute atomic E-state index is 12.1. The maximum Gasteiger partial charge on any atom is 0.410 e. The molecule has 7 heteroatoms. The zero-order valence-corrected chi connectivity index (χ0v) is 14.1. The summed E-state index contributed by atoms with van der Waals surface area (Å²) in [6.45, 7) is 7.56. The second-order valence-electron chi connectivity index (χ2n) is 6.50. The van der Waals surface area contributed by atoms with E-state index in [2.05, 4.69) is 10.9 Å². The summed E-state index contributed by atoms with van der Waals surface area (Å²) in [5, 5.41) is 9.01. The van der Waals surface area contributed by atoms with Crippen LogP contribution in [0.15, 0.2) is 12.3 Å². The van der Waals surface area contributed by atoms with Crippen LogP contribution in [0.2, 0.25) is 0 Å². The smallest absolute Gasteiger partial charge is 0.410 e. The van der Waals surface area contributed by atoms with Crippen molar-refractivity contribution in [1.29, 1.82) is 0 Å². The van der Waals surface area contributed by atoms with Gasteiger partial charge >= 0.3 is 12.1 Å². The lowest BCUT2D eigenvalue weighted by Gasteiger charge is -2.36. The summed E-state index contributed by atoms with van der Waals surface area (Å²) in [5.74, 6) is 1.97. The molecule has 0 radical (unpaired) electrons. The van der Waals surface area contributed by atoms with Crippen molar-refractivity contribution in [2.24, 2.45) is 0 Å². The molecule has 0 aliphatic carbocycles. The fraction of sp³-hybridized carbons (Fsp3) is 0.471. The molecule has 24 heavy (non-hydrogen) atoms. The molecule has 1 aliphatic rings. The normalized spacial score (nSPS) is 14.9. The number of terminal acetylenes is 1. The largest absolute Gasteiger partial charge is 0.478 e. The van der Waals surface area contributed by atoms with Gasteiger partial charge in [0.1, 0.15) is 11.4 Å². The summed E-state index contributed by atoms with van der Waals surface area (Å²) in [4.78, 5) is 30.9. The first-order valence-electron chi connectivity index (χ1n) is 7.64. The van der Waals surface area contributed by atoms with Gasteiger partial charge in [-0.1, -0.05) is 5.92 Å². The van der Waals surface area contributed by atoms with Crippen molar-refractivity contribution in [2.75, 3.05) is 31.1 Å². The number of aromatic nitrogens is 1. The van der Waals surface area contributed by atoms with Gasteiger partial charge in [0, 0.05) is 32.4 Å². The number of nitrogens with zero attached hydrogens (tertiary/aromatic N) is 3. The molecule has 1 aromatic rings. The van der Waals surface area contributed by atoms with Crippen LogP contribution in [0.25, 0.3) is 0 Å². The molecule has 1 fully saturated rings. The van der Waals surface area contributed by atoms with Gasteiger partial charge in [0.25, 0.3) is 0 Å². The predicted molar refractivity (Wildman–Crippen MR) is 89.2 cm³/mol. The Hall–Kier alpha value is -2.75. The molecule has 0 bridgehead atoms. The van der Waals surface area contributed by atoms with Crippen molar-refractivity contribution in [3.63, 3.8) is 0 Å². The number of carboxylic acid groups (broad SMARTS) is 1. The molecule has 7 nitrogen and oxygen atoms in total. The summed E-state index contributed by atoms with van der Waals surface area (Å²) in [6.07, 6.45) is 6.43. The Morgan fingerprint density at radius 2 is 1.92 bits per heavy atom. The highest BCUT2D eigenvalue weighted by Gasteiger charge is 2.27. The first-order chi connectivity index (χ1) is 11.2. The Labute approximate surface area is 141 Å². The van der Waals surface area contributed by atoms with Crippen LogP contribution in [0.1, 0.15) is 36.7 Å². The van der Waals surface area contributed by atoms with E-state index in [1.165, 1.54) is 12.3 Å². The van der Waals surface area contributed by atoms with Gasteiger partial charge in [0.05, 0.1) is 11.1 Å². The lowest BCUT2D eigenvalue weighted by atomic mass is 10.1. The Bertz CT molecular complexity index is 680. The van der Waals surface area contributed by atoms with Crippen molar-refractivity contribution in [2.45, 2.75) is 26.4 Å². The van der Waals surface area contributed by atoms with Crippen LogP contribution in [0, 0.1) is 12.3 Å². The van der Waals surface area contributed by atoms with Crippen LogP contribution < -0.4 is 4.90 Å². The molecular formula is C17H21N3O4. The van der Waals surface area contributed by atoms with Crippen molar-refractivity contribution in [3.8, 4) is 12.3 Å². The summed E-state index contributed by atoms with van der Waals surface area (Å²) >= 11 is 0. The van der Waals surface area contributed by atoms with Crippen molar-refractivity contribution in [1.82, 2.24) is 9.88 Å².